The van der Waals surface area contributed by atoms with Crippen LogP contribution in [0.2, 0.25) is 0 Å². The molecule has 0 unspecified atom stereocenters. The predicted octanol–water partition coefficient (Wildman–Crippen LogP) is 2.71. The minimum atomic E-state index is -0.530. The van der Waals surface area contributed by atoms with Gasteiger partial charge in [-0.2, -0.15) is 0 Å². The van der Waals surface area contributed by atoms with Gasteiger partial charge in [0.1, 0.15) is 10.6 Å². The molecular formula is C16H23N3O3S2. The van der Waals surface area contributed by atoms with Crippen LogP contribution in [-0.4, -0.2) is 40.0 Å². The largest absolute Gasteiger partial charge is 0.458 e. The Morgan fingerprint density at radius 1 is 1.38 bits per heavy atom. The summed E-state index contributed by atoms with van der Waals surface area (Å²) in [5.41, 5.74) is -0.530. The van der Waals surface area contributed by atoms with Crippen LogP contribution in [0, 0.1) is 12.8 Å². The molecule has 1 N–H and O–H groups in total. The number of aromatic nitrogens is 2. The average molecular weight is 370 g/mol. The Balaban J connectivity index is 1.43. The number of carbonyl (C=O) groups is 2. The molecule has 2 fully saturated rings. The van der Waals surface area contributed by atoms with E-state index in [1.165, 1.54) is 0 Å². The van der Waals surface area contributed by atoms with Gasteiger partial charge in [-0.3, -0.25) is 9.59 Å². The standard InChI is InChI=1S/C16H23N3O3S2/c1-11-18-19-15(24-11)23-9-5-8-17-14(21)12-10-13(20)22-16(12)6-3-2-4-7-16/h12H,2-10H2,1H3,(H,17,21)/t12-/m1/s1. The maximum Gasteiger partial charge on any atom is 0.307 e. The van der Waals surface area contributed by atoms with E-state index in [9.17, 15) is 9.59 Å². The van der Waals surface area contributed by atoms with Crippen LogP contribution in [0.25, 0.3) is 0 Å². The maximum atomic E-state index is 12.5. The minimum Gasteiger partial charge on any atom is -0.458 e. The van der Waals surface area contributed by atoms with Gasteiger partial charge in [-0.05, 0) is 39.0 Å². The highest BCUT2D eigenvalue weighted by Crippen LogP contribution is 2.44. The molecule has 0 radical (unpaired) electrons. The van der Waals surface area contributed by atoms with Crippen molar-refractivity contribution in [2.75, 3.05) is 12.3 Å². The van der Waals surface area contributed by atoms with Gasteiger partial charge in [0.05, 0.1) is 12.3 Å². The molecule has 1 amide bonds. The lowest BCUT2D eigenvalue weighted by Gasteiger charge is -2.36. The number of hydrogen-bond donors (Lipinski definition) is 1. The fourth-order valence-corrected chi connectivity index (χ4v) is 5.35. The van der Waals surface area contributed by atoms with Crippen molar-refractivity contribution in [3.05, 3.63) is 5.01 Å². The molecule has 6 nitrogen and oxygen atoms in total. The zero-order valence-electron chi connectivity index (χ0n) is 13.9. The minimum absolute atomic E-state index is 0.0282. The van der Waals surface area contributed by atoms with E-state index in [2.05, 4.69) is 15.5 Å². The second-order valence-corrected chi connectivity index (χ2v) is 8.96. The lowest BCUT2D eigenvalue weighted by molar-refractivity contribution is -0.153. The molecule has 1 aliphatic heterocycles. The number of nitrogens with one attached hydrogen (secondary N) is 1. The first-order valence-electron chi connectivity index (χ1n) is 8.51. The summed E-state index contributed by atoms with van der Waals surface area (Å²) in [6, 6.07) is 0. The van der Waals surface area contributed by atoms with Gasteiger partial charge in [-0.1, -0.05) is 29.5 Å². The van der Waals surface area contributed by atoms with Gasteiger partial charge in [-0.15, -0.1) is 10.2 Å². The summed E-state index contributed by atoms with van der Waals surface area (Å²) in [5, 5.41) is 12.0. The molecule has 0 bridgehead atoms. The van der Waals surface area contributed by atoms with Gasteiger partial charge >= 0.3 is 5.97 Å². The van der Waals surface area contributed by atoms with Crippen molar-refractivity contribution >= 4 is 35.0 Å². The number of nitrogens with zero attached hydrogens (tertiary/aromatic N) is 2. The van der Waals surface area contributed by atoms with E-state index >= 15 is 0 Å². The molecule has 1 aliphatic carbocycles. The van der Waals surface area contributed by atoms with Gasteiger partial charge < -0.3 is 10.1 Å². The fraction of sp³-hybridized carbons (Fsp3) is 0.750. The summed E-state index contributed by atoms with van der Waals surface area (Å²) in [5.74, 6) is 0.322. The molecule has 1 spiro atoms. The van der Waals surface area contributed by atoms with Crippen molar-refractivity contribution in [2.45, 2.75) is 61.8 Å². The number of aryl methyl sites for hydroxylation is 1. The van der Waals surface area contributed by atoms with Crippen molar-refractivity contribution in [2.24, 2.45) is 5.92 Å². The van der Waals surface area contributed by atoms with Crippen LogP contribution in [0.1, 0.15) is 50.0 Å². The van der Waals surface area contributed by atoms with E-state index in [4.69, 9.17) is 4.74 Å². The Hall–Kier alpha value is -1.15. The van der Waals surface area contributed by atoms with Crippen LogP contribution in [0.3, 0.4) is 0 Å². The van der Waals surface area contributed by atoms with Gasteiger partial charge in [0.15, 0.2) is 4.34 Å². The van der Waals surface area contributed by atoms with Gasteiger partial charge in [0.2, 0.25) is 5.91 Å². The number of amides is 1. The van der Waals surface area contributed by atoms with E-state index in [1.54, 1.807) is 23.1 Å². The molecule has 132 valence electrons. The first kappa shape index (κ1) is 17.7. The Labute approximate surface area is 150 Å². The second kappa shape index (κ2) is 7.82. The number of esters is 1. The fourth-order valence-electron chi connectivity index (χ4n) is 3.53. The predicted molar refractivity (Wildman–Crippen MR) is 93.0 cm³/mol. The maximum absolute atomic E-state index is 12.5. The van der Waals surface area contributed by atoms with E-state index in [0.717, 1.165) is 53.6 Å². The van der Waals surface area contributed by atoms with Crippen LogP contribution >= 0.6 is 23.1 Å². The van der Waals surface area contributed by atoms with Crippen LogP contribution in [0.4, 0.5) is 0 Å². The molecule has 1 atom stereocenters. The number of hydrogen-bond acceptors (Lipinski definition) is 7. The highest BCUT2D eigenvalue weighted by Gasteiger charge is 2.52. The number of thioether (sulfide) groups is 1. The second-order valence-electron chi connectivity index (χ2n) is 6.44. The third-order valence-electron chi connectivity index (χ3n) is 4.69. The van der Waals surface area contributed by atoms with Crippen LogP contribution in [0.15, 0.2) is 4.34 Å². The van der Waals surface area contributed by atoms with Crippen LogP contribution in [-0.2, 0) is 14.3 Å². The SMILES string of the molecule is Cc1nnc(SCCCNC(=O)[C@H]2CC(=O)OC23CCCCC3)s1. The summed E-state index contributed by atoms with van der Waals surface area (Å²) < 4.78 is 6.56. The van der Waals surface area contributed by atoms with Crippen molar-refractivity contribution < 1.29 is 14.3 Å². The third kappa shape index (κ3) is 4.08. The van der Waals surface area contributed by atoms with Gasteiger partial charge in [0, 0.05) is 12.3 Å². The monoisotopic (exact) mass is 369 g/mol. The quantitative estimate of drug-likeness (QED) is 0.472. The Kier molecular flexibility index (Phi) is 5.76. The number of carbonyl (C=O) groups excluding carboxylic acids is 2. The molecule has 8 heteroatoms. The van der Waals surface area contributed by atoms with Gasteiger partial charge in [0.25, 0.3) is 0 Å². The zero-order chi connectivity index (χ0) is 17.0. The molecule has 24 heavy (non-hydrogen) atoms. The summed E-state index contributed by atoms with van der Waals surface area (Å²) >= 11 is 3.25. The van der Waals surface area contributed by atoms with Crippen LogP contribution in [0.5, 0.6) is 0 Å². The number of ether oxygens (including phenoxy) is 1. The third-order valence-corrected chi connectivity index (χ3v) is 6.75. The van der Waals surface area contributed by atoms with E-state index in [1.807, 2.05) is 6.92 Å². The first-order chi connectivity index (χ1) is 11.6. The molecular weight excluding hydrogens is 346 g/mol. The summed E-state index contributed by atoms with van der Waals surface area (Å²) in [4.78, 5) is 24.3. The Morgan fingerprint density at radius 2 is 2.17 bits per heavy atom. The van der Waals surface area contributed by atoms with E-state index in [0.29, 0.717) is 6.54 Å². The van der Waals surface area contributed by atoms with Crippen molar-refractivity contribution in [3.63, 3.8) is 0 Å². The topological polar surface area (TPSA) is 81.2 Å². The molecule has 1 saturated heterocycles. The average Bonchev–Trinajstić information content (AvgIpc) is 3.11. The summed E-state index contributed by atoms with van der Waals surface area (Å²) in [6.45, 7) is 2.55. The van der Waals surface area contributed by atoms with E-state index in [-0.39, 0.29) is 24.2 Å². The highest BCUT2D eigenvalue weighted by molar-refractivity contribution is 8.01. The molecule has 1 aromatic heterocycles. The van der Waals surface area contributed by atoms with Crippen molar-refractivity contribution in [3.8, 4) is 0 Å². The summed E-state index contributed by atoms with van der Waals surface area (Å²) in [7, 11) is 0. The zero-order valence-corrected chi connectivity index (χ0v) is 15.5. The first-order valence-corrected chi connectivity index (χ1v) is 10.3. The van der Waals surface area contributed by atoms with Crippen molar-refractivity contribution in [1.82, 2.24) is 15.5 Å². The van der Waals surface area contributed by atoms with Crippen LogP contribution < -0.4 is 5.32 Å². The molecule has 2 aliphatic rings. The molecule has 3 rings (SSSR count). The number of rotatable bonds is 6. The highest BCUT2D eigenvalue weighted by atomic mass is 32.2. The molecule has 2 heterocycles. The summed E-state index contributed by atoms with van der Waals surface area (Å²) in [6.07, 6.45) is 5.97. The molecule has 0 aromatic carbocycles. The lowest BCUT2D eigenvalue weighted by atomic mass is 9.75. The van der Waals surface area contributed by atoms with E-state index < -0.39 is 5.60 Å². The van der Waals surface area contributed by atoms with Gasteiger partial charge in [-0.25, -0.2) is 0 Å². The molecule has 1 aromatic rings. The smallest absolute Gasteiger partial charge is 0.307 e. The molecule has 1 saturated carbocycles. The Morgan fingerprint density at radius 3 is 2.88 bits per heavy atom. The lowest BCUT2D eigenvalue weighted by Crippen LogP contribution is -2.46. The normalized spacial score (nSPS) is 22.5. The van der Waals surface area contributed by atoms with Crippen molar-refractivity contribution in [1.29, 1.82) is 0 Å². The Bertz CT molecular complexity index is 599.